The van der Waals surface area contributed by atoms with Gasteiger partial charge in [0.1, 0.15) is 16.4 Å². The molecule has 1 N–H and O–H groups in total. The summed E-state index contributed by atoms with van der Waals surface area (Å²) >= 11 is 1.44. The van der Waals surface area contributed by atoms with Crippen molar-refractivity contribution in [3.05, 3.63) is 23.3 Å². The van der Waals surface area contributed by atoms with Crippen LogP contribution in [0.15, 0.2) is 17.6 Å². The van der Waals surface area contributed by atoms with Crippen LogP contribution in [0.2, 0.25) is 0 Å². The third-order valence-corrected chi connectivity index (χ3v) is 2.75. The molecule has 2 aromatic rings. The lowest BCUT2D eigenvalue weighted by Crippen LogP contribution is -2.07. The maximum Gasteiger partial charge on any atom is 0.354 e. The predicted molar refractivity (Wildman–Crippen MR) is 56.0 cm³/mol. The molecule has 0 bridgehead atoms. The van der Waals surface area contributed by atoms with Crippen LogP contribution in [0.4, 0.5) is 0 Å². The van der Waals surface area contributed by atoms with E-state index < -0.39 is 5.97 Å². The third-order valence-electron chi connectivity index (χ3n) is 1.95. The van der Waals surface area contributed by atoms with Gasteiger partial charge in [-0.3, -0.25) is 4.68 Å². The van der Waals surface area contributed by atoms with E-state index in [4.69, 9.17) is 5.11 Å². The van der Waals surface area contributed by atoms with E-state index in [-0.39, 0.29) is 5.69 Å². The highest BCUT2D eigenvalue weighted by Crippen LogP contribution is 2.21. The van der Waals surface area contributed by atoms with E-state index in [0.717, 1.165) is 5.01 Å². The van der Waals surface area contributed by atoms with Crippen molar-refractivity contribution in [2.75, 3.05) is 0 Å². The van der Waals surface area contributed by atoms with Crippen LogP contribution < -0.4 is 0 Å². The second-order valence-corrected chi connectivity index (χ2v) is 3.77. The molecular formula is C9H9N3O2S. The first-order chi connectivity index (χ1) is 7.22. The molecule has 0 unspecified atom stereocenters. The van der Waals surface area contributed by atoms with Crippen LogP contribution in [-0.4, -0.2) is 25.8 Å². The number of carbonyl (C=O) groups is 1. The fourth-order valence-electron chi connectivity index (χ4n) is 1.28. The maximum absolute atomic E-state index is 10.9. The molecule has 78 valence electrons. The van der Waals surface area contributed by atoms with E-state index in [1.165, 1.54) is 16.0 Å². The minimum absolute atomic E-state index is 0.197. The van der Waals surface area contributed by atoms with Crippen molar-refractivity contribution in [3.8, 4) is 10.7 Å². The van der Waals surface area contributed by atoms with E-state index >= 15 is 0 Å². The first kappa shape index (κ1) is 9.85. The lowest BCUT2D eigenvalue weighted by Gasteiger charge is -1.97. The van der Waals surface area contributed by atoms with Crippen LogP contribution in [0.3, 0.4) is 0 Å². The van der Waals surface area contributed by atoms with Crippen molar-refractivity contribution in [2.45, 2.75) is 13.5 Å². The Morgan fingerprint density at radius 1 is 1.67 bits per heavy atom. The second-order valence-electron chi connectivity index (χ2n) is 2.87. The van der Waals surface area contributed by atoms with E-state index in [1.54, 1.807) is 12.3 Å². The van der Waals surface area contributed by atoms with Crippen molar-refractivity contribution in [1.82, 2.24) is 14.8 Å². The van der Waals surface area contributed by atoms with Crippen molar-refractivity contribution < 1.29 is 9.90 Å². The quantitative estimate of drug-likeness (QED) is 0.860. The average molecular weight is 223 g/mol. The number of aromatic nitrogens is 3. The lowest BCUT2D eigenvalue weighted by atomic mass is 10.3. The van der Waals surface area contributed by atoms with Gasteiger partial charge in [0.2, 0.25) is 0 Å². The number of carboxylic acids is 1. The Bertz CT molecular complexity index is 476. The van der Waals surface area contributed by atoms with Gasteiger partial charge in [0, 0.05) is 24.2 Å². The van der Waals surface area contributed by atoms with Crippen LogP contribution in [0.25, 0.3) is 10.7 Å². The summed E-state index contributed by atoms with van der Waals surface area (Å²) in [5.74, 6) is -0.966. The normalized spacial score (nSPS) is 10.5. The van der Waals surface area contributed by atoms with Gasteiger partial charge in [0.15, 0.2) is 0 Å². The predicted octanol–water partition coefficient (Wildman–Crippen LogP) is 1.72. The molecule has 2 aromatic heterocycles. The van der Waals surface area contributed by atoms with Crippen molar-refractivity contribution in [3.63, 3.8) is 0 Å². The monoisotopic (exact) mass is 223 g/mol. The minimum atomic E-state index is -0.966. The van der Waals surface area contributed by atoms with Gasteiger partial charge in [-0.15, -0.1) is 11.3 Å². The van der Waals surface area contributed by atoms with Gasteiger partial charge in [0.05, 0.1) is 0 Å². The van der Waals surface area contributed by atoms with Crippen molar-refractivity contribution >= 4 is 17.3 Å². The maximum atomic E-state index is 10.9. The zero-order valence-corrected chi connectivity index (χ0v) is 8.86. The summed E-state index contributed by atoms with van der Waals surface area (Å²) in [5.41, 5.74) is 0.812. The Hall–Kier alpha value is -1.69. The van der Waals surface area contributed by atoms with E-state index in [1.807, 2.05) is 12.3 Å². The Labute approximate surface area is 90.0 Å². The highest BCUT2D eigenvalue weighted by molar-refractivity contribution is 7.13. The fraction of sp³-hybridized carbons (Fsp3) is 0.222. The number of nitrogens with zero attached hydrogens (tertiary/aromatic N) is 3. The van der Waals surface area contributed by atoms with Crippen molar-refractivity contribution in [1.29, 1.82) is 0 Å². The summed E-state index contributed by atoms with van der Waals surface area (Å²) in [4.78, 5) is 15.0. The largest absolute Gasteiger partial charge is 0.477 e. The summed E-state index contributed by atoms with van der Waals surface area (Å²) in [5, 5.41) is 15.7. The number of rotatable bonds is 3. The number of aryl methyl sites for hydroxylation is 1. The summed E-state index contributed by atoms with van der Waals surface area (Å²) in [6, 6.07) is 1.55. The first-order valence-corrected chi connectivity index (χ1v) is 5.31. The Morgan fingerprint density at radius 3 is 2.93 bits per heavy atom. The second kappa shape index (κ2) is 3.82. The van der Waals surface area contributed by atoms with Crippen LogP contribution in [-0.2, 0) is 6.54 Å². The molecule has 0 aliphatic carbocycles. The van der Waals surface area contributed by atoms with Gasteiger partial charge in [-0.05, 0) is 6.92 Å². The summed E-state index contributed by atoms with van der Waals surface area (Å²) in [6.45, 7) is 2.39. The number of aromatic carboxylic acids is 1. The molecule has 0 fully saturated rings. The zero-order valence-electron chi connectivity index (χ0n) is 8.04. The molecule has 0 atom stereocenters. The number of carboxylic acid groups (broad SMARTS) is 1. The van der Waals surface area contributed by atoms with E-state index in [9.17, 15) is 4.79 Å². The topological polar surface area (TPSA) is 68.0 Å². The average Bonchev–Trinajstić information content (AvgIpc) is 2.86. The third kappa shape index (κ3) is 1.75. The van der Waals surface area contributed by atoms with Crippen molar-refractivity contribution in [2.24, 2.45) is 0 Å². The number of hydrogen-bond donors (Lipinski definition) is 1. The zero-order chi connectivity index (χ0) is 10.8. The van der Waals surface area contributed by atoms with Crippen LogP contribution in [0.5, 0.6) is 0 Å². The van der Waals surface area contributed by atoms with Gasteiger partial charge in [-0.2, -0.15) is 5.10 Å². The minimum Gasteiger partial charge on any atom is -0.477 e. The Balaban J connectivity index is 2.48. The van der Waals surface area contributed by atoms with Gasteiger partial charge in [-0.25, -0.2) is 9.78 Å². The van der Waals surface area contributed by atoms with Crippen LogP contribution in [0, 0.1) is 0 Å². The van der Waals surface area contributed by atoms with Gasteiger partial charge in [0.25, 0.3) is 0 Å². The molecule has 6 heteroatoms. The summed E-state index contributed by atoms with van der Waals surface area (Å²) < 4.78 is 1.46. The number of thiazole rings is 1. The molecule has 0 radical (unpaired) electrons. The van der Waals surface area contributed by atoms with Crippen LogP contribution >= 0.6 is 11.3 Å². The molecule has 0 aliphatic heterocycles. The molecule has 15 heavy (non-hydrogen) atoms. The molecule has 2 heterocycles. The highest BCUT2D eigenvalue weighted by atomic mass is 32.1. The van der Waals surface area contributed by atoms with E-state index in [2.05, 4.69) is 10.1 Å². The highest BCUT2D eigenvalue weighted by Gasteiger charge is 2.15. The molecule has 5 nitrogen and oxygen atoms in total. The number of hydrogen-bond acceptors (Lipinski definition) is 4. The fourth-order valence-corrected chi connectivity index (χ4v) is 1.88. The van der Waals surface area contributed by atoms with E-state index in [0.29, 0.717) is 12.2 Å². The SMILES string of the molecule is CCn1nc(-c2nccs2)cc1C(=O)O. The standard InChI is InChI=1S/C9H9N3O2S/c1-2-12-7(9(13)14)5-6(11-12)8-10-3-4-15-8/h3-5H,2H2,1H3,(H,13,14). The molecule has 0 aliphatic rings. The first-order valence-electron chi connectivity index (χ1n) is 4.43. The lowest BCUT2D eigenvalue weighted by molar-refractivity contribution is 0.0683. The molecule has 0 spiro atoms. The molecule has 2 rings (SSSR count). The Morgan fingerprint density at radius 2 is 2.47 bits per heavy atom. The molecule has 0 saturated carbocycles. The van der Waals surface area contributed by atoms with Gasteiger partial charge in [-0.1, -0.05) is 0 Å². The molecule has 0 amide bonds. The van der Waals surface area contributed by atoms with Crippen LogP contribution in [0.1, 0.15) is 17.4 Å². The smallest absolute Gasteiger partial charge is 0.354 e. The summed E-state index contributed by atoms with van der Waals surface area (Å²) in [7, 11) is 0. The molecule has 0 aromatic carbocycles. The van der Waals surface area contributed by atoms with Gasteiger partial charge < -0.3 is 5.11 Å². The molecular weight excluding hydrogens is 214 g/mol. The Kier molecular flexibility index (Phi) is 2.51. The summed E-state index contributed by atoms with van der Waals surface area (Å²) in [6.07, 6.45) is 1.67. The van der Waals surface area contributed by atoms with Gasteiger partial charge >= 0.3 is 5.97 Å². The molecule has 0 saturated heterocycles.